The Kier molecular flexibility index (Phi) is 6.93. The van der Waals surface area contributed by atoms with E-state index in [-0.39, 0.29) is 37.6 Å². The molecule has 7 rings (SSSR count). The van der Waals surface area contributed by atoms with Crippen molar-refractivity contribution in [3.05, 3.63) is 139 Å². The predicted octanol–water partition coefficient (Wildman–Crippen LogP) is 9.14. The average molecular weight is 743 g/mol. The molecular formula is C37H31IrN4O. The van der Waals surface area contributed by atoms with Gasteiger partial charge in [-0.05, 0) is 60.2 Å². The molecule has 3 aromatic heterocycles. The minimum absolute atomic E-state index is 0. The quantitative estimate of drug-likeness (QED) is 0.159. The summed E-state index contributed by atoms with van der Waals surface area (Å²) in [6.07, 6.45) is 4.02. The van der Waals surface area contributed by atoms with E-state index in [4.69, 9.17) is 13.5 Å². The first-order chi connectivity index (χ1) is 21.7. The van der Waals surface area contributed by atoms with Crippen molar-refractivity contribution in [2.24, 2.45) is 0 Å². The monoisotopic (exact) mass is 743 g/mol. The fraction of sp³-hybridized carbons (Fsp3) is 0.162. The van der Waals surface area contributed by atoms with E-state index in [0.717, 1.165) is 39.0 Å². The molecule has 4 heterocycles. The third-order valence-corrected chi connectivity index (χ3v) is 7.82. The number of para-hydroxylation sites is 1. The summed E-state index contributed by atoms with van der Waals surface area (Å²) in [7, 11) is 0. The molecule has 0 saturated heterocycles. The molecular weight excluding hydrogens is 709 g/mol. The first-order valence-corrected chi connectivity index (χ1v) is 14.1. The largest absolute Gasteiger partial charge is 3.00 e. The third kappa shape index (κ3) is 5.26. The molecule has 0 aliphatic carbocycles. The van der Waals surface area contributed by atoms with Gasteiger partial charge in [0.2, 0.25) is 5.71 Å². The molecule has 1 aliphatic heterocycles. The van der Waals surface area contributed by atoms with Crippen LogP contribution in [0.1, 0.15) is 59.2 Å². The minimum atomic E-state index is -2.32. The minimum Gasteiger partial charge on any atom is -0.500 e. The number of nitrogens with zero attached hydrogens (tertiary/aromatic N) is 4. The predicted molar refractivity (Wildman–Crippen MR) is 170 cm³/mol. The van der Waals surface area contributed by atoms with Crippen LogP contribution in [0.15, 0.2) is 102 Å². The van der Waals surface area contributed by atoms with Crippen molar-refractivity contribution in [2.75, 3.05) is 9.80 Å². The molecule has 6 aromatic rings. The van der Waals surface area contributed by atoms with Gasteiger partial charge in [0.1, 0.15) is 0 Å². The molecule has 214 valence electrons. The van der Waals surface area contributed by atoms with Crippen molar-refractivity contribution in [3.63, 3.8) is 0 Å². The van der Waals surface area contributed by atoms with Crippen LogP contribution in [0.4, 0.5) is 11.4 Å². The van der Waals surface area contributed by atoms with Crippen LogP contribution in [-0.4, -0.2) is 9.97 Å². The Morgan fingerprint density at radius 2 is 1.65 bits per heavy atom. The molecule has 0 bridgehead atoms. The SMILES string of the molecule is [2H]C([2H])([2H])c1ccc2c(n1)oc1c(N3C=CN(c4c(C(C)C)cccc4C(C)c4cccc(-c5[c-]cccc5)n4)[CH-]3)[c-]ccc12.[Ir+3]. The van der Waals surface area contributed by atoms with Crippen LogP contribution in [-0.2, 0) is 20.1 Å². The van der Waals surface area contributed by atoms with Crippen molar-refractivity contribution in [1.82, 2.24) is 9.97 Å². The van der Waals surface area contributed by atoms with E-state index in [9.17, 15) is 0 Å². The number of pyridine rings is 2. The third-order valence-electron chi connectivity index (χ3n) is 7.82. The zero-order valence-electron chi connectivity index (χ0n) is 27.0. The number of fused-ring (bicyclic) bond motifs is 3. The number of anilines is 2. The number of hydrogen-bond donors (Lipinski definition) is 0. The Morgan fingerprint density at radius 3 is 2.47 bits per heavy atom. The smallest absolute Gasteiger partial charge is 0.500 e. The van der Waals surface area contributed by atoms with Gasteiger partial charge in [-0.1, -0.05) is 62.2 Å². The molecule has 0 N–H and O–H groups in total. The van der Waals surface area contributed by atoms with Gasteiger partial charge in [-0.15, -0.1) is 42.6 Å². The van der Waals surface area contributed by atoms with Crippen molar-refractivity contribution in [2.45, 2.75) is 39.5 Å². The second kappa shape index (κ2) is 11.8. The van der Waals surface area contributed by atoms with E-state index >= 15 is 0 Å². The second-order valence-electron chi connectivity index (χ2n) is 10.8. The average Bonchev–Trinajstić information content (AvgIpc) is 3.69. The summed E-state index contributed by atoms with van der Waals surface area (Å²) >= 11 is 0. The van der Waals surface area contributed by atoms with Gasteiger partial charge < -0.3 is 19.2 Å². The van der Waals surface area contributed by atoms with E-state index in [0.29, 0.717) is 17.0 Å². The Balaban J connectivity index is 0.00000372. The normalized spacial score (nSPS) is 15.0. The zero-order valence-corrected chi connectivity index (χ0v) is 26.4. The van der Waals surface area contributed by atoms with E-state index in [1.807, 2.05) is 66.4 Å². The van der Waals surface area contributed by atoms with Gasteiger partial charge in [-0.25, -0.2) is 4.98 Å². The van der Waals surface area contributed by atoms with E-state index in [2.05, 4.69) is 73.1 Å². The van der Waals surface area contributed by atoms with Crippen molar-refractivity contribution < 1.29 is 28.6 Å². The number of hydrogen-bond acceptors (Lipinski definition) is 5. The van der Waals surface area contributed by atoms with E-state index < -0.39 is 6.85 Å². The number of benzene rings is 3. The molecule has 1 aliphatic rings. The summed E-state index contributed by atoms with van der Waals surface area (Å²) in [5, 5.41) is 1.61. The standard InChI is InChI=1S/C37H31N4O.Ir/c1-24(2)28-13-8-14-29(26(4)32-16-10-17-33(39-32)27-11-6-5-7-12-27)35(28)41-22-21-40(23-41)34-18-9-15-30-31-20-19-25(3)38-37(31)42-36(30)34;/h5-11,13-17,19-24,26H,1-4H3;/q-3;+3/i3D3;. The van der Waals surface area contributed by atoms with Gasteiger partial charge >= 0.3 is 20.1 Å². The summed E-state index contributed by atoms with van der Waals surface area (Å²) < 4.78 is 29.4. The Labute approximate surface area is 270 Å². The maximum atomic E-state index is 7.75. The fourth-order valence-electron chi connectivity index (χ4n) is 5.67. The van der Waals surface area contributed by atoms with E-state index in [1.165, 1.54) is 5.56 Å². The maximum Gasteiger partial charge on any atom is 3.00 e. The molecule has 5 nitrogen and oxygen atoms in total. The van der Waals surface area contributed by atoms with Gasteiger partial charge in [0.15, 0.2) is 0 Å². The van der Waals surface area contributed by atoms with Crippen LogP contribution in [0.5, 0.6) is 0 Å². The summed E-state index contributed by atoms with van der Waals surface area (Å²) in [4.78, 5) is 13.5. The first kappa shape index (κ1) is 25.3. The molecule has 3 aromatic carbocycles. The van der Waals surface area contributed by atoms with E-state index in [1.54, 1.807) is 12.1 Å². The summed E-state index contributed by atoms with van der Waals surface area (Å²) in [6.45, 7) is 6.32. The zero-order chi connectivity index (χ0) is 31.3. The van der Waals surface area contributed by atoms with Gasteiger partial charge in [0.05, 0.1) is 0 Å². The van der Waals surface area contributed by atoms with Crippen molar-refractivity contribution in [3.8, 4) is 11.3 Å². The molecule has 0 amide bonds. The molecule has 1 atom stereocenters. The number of aryl methyl sites for hydroxylation is 1. The number of aromatic nitrogens is 2. The van der Waals surface area contributed by atoms with Crippen LogP contribution < -0.4 is 9.80 Å². The molecule has 0 radical (unpaired) electrons. The Hall–Kier alpha value is -4.25. The summed E-state index contributed by atoms with van der Waals surface area (Å²) in [5.74, 6) is 0.298. The molecule has 0 fully saturated rings. The van der Waals surface area contributed by atoms with Crippen LogP contribution in [0.2, 0.25) is 0 Å². The van der Waals surface area contributed by atoms with Crippen LogP contribution >= 0.6 is 0 Å². The fourth-order valence-corrected chi connectivity index (χ4v) is 5.67. The van der Waals surface area contributed by atoms with Crippen LogP contribution in [0.3, 0.4) is 0 Å². The summed E-state index contributed by atoms with van der Waals surface area (Å²) in [5.41, 5.74) is 7.95. The van der Waals surface area contributed by atoms with Crippen LogP contribution in [0, 0.1) is 25.7 Å². The Morgan fingerprint density at radius 1 is 0.814 bits per heavy atom. The van der Waals surface area contributed by atoms with Crippen molar-refractivity contribution in [1.29, 1.82) is 0 Å². The molecule has 6 heteroatoms. The van der Waals surface area contributed by atoms with Crippen molar-refractivity contribution >= 4 is 33.4 Å². The molecule has 0 saturated carbocycles. The second-order valence-corrected chi connectivity index (χ2v) is 10.8. The maximum absolute atomic E-state index is 7.75. The molecule has 43 heavy (non-hydrogen) atoms. The topological polar surface area (TPSA) is 45.4 Å². The Bertz CT molecular complexity index is 2060. The summed E-state index contributed by atoms with van der Waals surface area (Å²) in [6, 6.07) is 34.3. The van der Waals surface area contributed by atoms with Gasteiger partial charge in [0, 0.05) is 38.1 Å². The van der Waals surface area contributed by atoms with Gasteiger partial charge in [-0.2, -0.15) is 18.2 Å². The first-order valence-electron chi connectivity index (χ1n) is 15.6. The molecule has 1 unspecified atom stereocenters. The molecule has 0 spiro atoms. The van der Waals surface area contributed by atoms with Gasteiger partial charge in [0.25, 0.3) is 0 Å². The van der Waals surface area contributed by atoms with Gasteiger partial charge in [-0.3, -0.25) is 0 Å². The number of furan rings is 1. The van der Waals surface area contributed by atoms with Crippen LogP contribution in [0.25, 0.3) is 33.3 Å². The number of rotatable bonds is 6.